The zero-order valence-corrected chi connectivity index (χ0v) is 13.3. The quantitative estimate of drug-likeness (QED) is 0.511. The fourth-order valence-electron chi connectivity index (χ4n) is 3.01. The van der Waals surface area contributed by atoms with Crippen LogP contribution in [0.4, 0.5) is 0 Å². The molecule has 0 atom stereocenters. The summed E-state index contributed by atoms with van der Waals surface area (Å²) in [5.74, 6) is 0.969. The Morgan fingerprint density at radius 3 is 2.17 bits per heavy atom. The van der Waals surface area contributed by atoms with E-state index in [0.29, 0.717) is 0 Å². The summed E-state index contributed by atoms with van der Waals surface area (Å²) < 4.78 is 2.17. The van der Waals surface area contributed by atoms with Crippen molar-refractivity contribution >= 4 is 0 Å². The van der Waals surface area contributed by atoms with Gasteiger partial charge in [-0.25, -0.2) is 4.98 Å². The highest BCUT2D eigenvalue weighted by Crippen LogP contribution is 2.24. The van der Waals surface area contributed by atoms with Crippen molar-refractivity contribution in [2.45, 2.75) is 6.42 Å². The molecule has 0 spiro atoms. The van der Waals surface area contributed by atoms with Crippen molar-refractivity contribution in [1.82, 2.24) is 9.55 Å². The number of hydrogen-bond acceptors (Lipinski definition) is 1. The van der Waals surface area contributed by atoms with Crippen molar-refractivity contribution in [3.05, 3.63) is 108 Å². The van der Waals surface area contributed by atoms with Gasteiger partial charge in [0.1, 0.15) is 5.82 Å². The molecule has 0 N–H and O–H groups in total. The summed E-state index contributed by atoms with van der Waals surface area (Å²) in [6, 6.07) is 29.4. The molecule has 2 heteroatoms. The van der Waals surface area contributed by atoms with Crippen molar-refractivity contribution in [2.24, 2.45) is 0 Å². The Kier molecular flexibility index (Phi) is 3.95. The molecule has 1 aromatic heterocycles. The van der Waals surface area contributed by atoms with E-state index in [2.05, 4.69) is 76.3 Å². The van der Waals surface area contributed by atoms with Crippen LogP contribution >= 0.6 is 0 Å². The molecule has 0 unspecified atom stereocenters. The molecule has 1 heterocycles. The Labute approximate surface area is 142 Å². The Morgan fingerprint density at radius 2 is 1.38 bits per heavy atom. The van der Waals surface area contributed by atoms with Gasteiger partial charge < -0.3 is 0 Å². The lowest BCUT2D eigenvalue weighted by Gasteiger charge is -2.13. The van der Waals surface area contributed by atoms with Gasteiger partial charge in [0.15, 0.2) is 0 Å². The summed E-state index contributed by atoms with van der Waals surface area (Å²) in [5.41, 5.74) is 4.90. The van der Waals surface area contributed by atoms with Crippen LogP contribution in [0.1, 0.15) is 11.1 Å². The number of imidazole rings is 1. The lowest BCUT2D eigenvalue weighted by atomic mass is 10.0. The Hall–Kier alpha value is -3.13. The molecule has 0 aliphatic heterocycles. The van der Waals surface area contributed by atoms with Crippen LogP contribution in [0.5, 0.6) is 0 Å². The fourth-order valence-corrected chi connectivity index (χ4v) is 3.01. The highest BCUT2D eigenvalue weighted by Gasteiger charge is 2.11. The molecule has 24 heavy (non-hydrogen) atoms. The van der Waals surface area contributed by atoms with Crippen LogP contribution in [0.3, 0.4) is 0 Å². The SMILES string of the molecule is c1ccc(Cc2ccccc2-n2ccnc2-c2ccccc2)cc1. The van der Waals surface area contributed by atoms with Gasteiger partial charge >= 0.3 is 0 Å². The molecule has 2 nitrogen and oxygen atoms in total. The first-order valence-corrected chi connectivity index (χ1v) is 8.13. The van der Waals surface area contributed by atoms with Crippen LogP contribution in [-0.4, -0.2) is 9.55 Å². The Bertz CT molecular complexity index is 924. The van der Waals surface area contributed by atoms with Gasteiger partial charge in [-0.3, -0.25) is 4.57 Å². The molecule has 0 saturated heterocycles. The largest absolute Gasteiger partial charge is 0.300 e. The minimum atomic E-state index is 0.906. The normalized spacial score (nSPS) is 10.7. The zero-order valence-electron chi connectivity index (χ0n) is 13.3. The molecule has 0 aliphatic rings. The third-order valence-corrected chi connectivity index (χ3v) is 4.16. The first-order valence-electron chi connectivity index (χ1n) is 8.13. The van der Waals surface area contributed by atoms with E-state index in [0.717, 1.165) is 17.8 Å². The molecular formula is C22H18N2. The van der Waals surface area contributed by atoms with E-state index < -0.39 is 0 Å². The molecule has 0 bridgehead atoms. The maximum atomic E-state index is 4.57. The van der Waals surface area contributed by atoms with Crippen molar-refractivity contribution in [1.29, 1.82) is 0 Å². The summed E-state index contributed by atoms with van der Waals surface area (Å²) in [4.78, 5) is 4.57. The molecule has 0 aliphatic carbocycles. The fraction of sp³-hybridized carbons (Fsp3) is 0.0455. The number of rotatable bonds is 4. The number of nitrogens with zero attached hydrogens (tertiary/aromatic N) is 2. The van der Waals surface area contributed by atoms with Gasteiger partial charge in [0.25, 0.3) is 0 Å². The lowest BCUT2D eigenvalue weighted by molar-refractivity contribution is 1.02. The van der Waals surface area contributed by atoms with Gasteiger partial charge in [-0.15, -0.1) is 0 Å². The van der Waals surface area contributed by atoms with Crippen LogP contribution in [-0.2, 0) is 6.42 Å². The number of benzene rings is 3. The highest BCUT2D eigenvalue weighted by atomic mass is 15.1. The van der Waals surface area contributed by atoms with E-state index in [1.54, 1.807) is 0 Å². The van der Waals surface area contributed by atoms with Crippen molar-refractivity contribution in [2.75, 3.05) is 0 Å². The van der Waals surface area contributed by atoms with Gasteiger partial charge in [-0.1, -0.05) is 78.9 Å². The van der Waals surface area contributed by atoms with E-state index >= 15 is 0 Å². The third-order valence-electron chi connectivity index (χ3n) is 4.16. The monoisotopic (exact) mass is 310 g/mol. The summed E-state index contributed by atoms with van der Waals surface area (Å²) in [5, 5.41) is 0. The third kappa shape index (κ3) is 2.86. The minimum Gasteiger partial charge on any atom is -0.300 e. The van der Waals surface area contributed by atoms with Crippen molar-refractivity contribution in [3.8, 4) is 17.1 Å². The molecule has 0 saturated carbocycles. The van der Waals surface area contributed by atoms with Crippen molar-refractivity contribution < 1.29 is 0 Å². The van der Waals surface area contributed by atoms with E-state index in [-0.39, 0.29) is 0 Å². The number of hydrogen-bond donors (Lipinski definition) is 0. The first-order chi connectivity index (χ1) is 11.9. The summed E-state index contributed by atoms with van der Waals surface area (Å²) in [6.07, 6.45) is 4.80. The Morgan fingerprint density at radius 1 is 0.708 bits per heavy atom. The molecule has 3 aromatic carbocycles. The predicted molar refractivity (Wildman–Crippen MR) is 98.2 cm³/mol. The maximum Gasteiger partial charge on any atom is 0.144 e. The molecule has 116 valence electrons. The second-order valence-electron chi connectivity index (χ2n) is 5.78. The summed E-state index contributed by atoms with van der Waals surface area (Å²) >= 11 is 0. The van der Waals surface area contributed by atoms with E-state index in [1.165, 1.54) is 16.8 Å². The molecule has 0 radical (unpaired) electrons. The average molecular weight is 310 g/mol. The molecular weight excluding hydrogens is 292 g/mol. The van der Waals surface area contributed by atoms with E-state index in [4.69, 9.17) is 0 Å². The summed E-state index contributed by atoms with van der Waals surface area (Å²) in [6.45, 7) is 0. The van der Waals surface area contributed by atoms with Gasteiger partial charge in [0, 0.05) is 18.0 Å². The van der Waals surface area contributed by atoms with Crippen LogP contribution < -0.4 is 0 Å². The molecule has 4 aromatic rings. The standard InChI is InChI=1S/C22H18N2/c1-3-9-18(10-4-1)17-20-13-7-8-14-21(20)24-16-15-23-22(24)19-11-5-2-6-12-19/h1-16H,17H2. The molecule has 0 amide bonds. The number of aromatic nitrogens is 2. The number of para-hydroxylation sites is 1. The second kappa shape index (κ2) is 6.55. The summed E-state index contributed by atoms with van der Waals surface area (Å²) in [7, 11) is 0. The smallest absolute Gasteiger partial charge is 0.144 e. The van der Waals surface area contributed by atoms with Crippen molar-refractivity contribution in [3.63, 3.8) is 0 Å². The lowest BCUT2D eigenvalue weighted by Crippen LogP contribution is -2.01. The molecule has 0 fully saturated rings. The van der Waals surface area contributed by atoms with Crippen LogP contribution in [0, 0.1) is 0 Å². The van der Waals surface area contributed by atoms with Crippen LogP contribution in [0.25, 0.3) is 17.1 Å². The van der Waals surface area contributed by atoms with Gasteiger partial charge in [-0.2, -0.15) is 0 Å². The van der Waals surface area contributed by atoms with Gasteiger partial charge in [-0.05, 0) is 23.6 Å². The maximum absolute atomic E-state index is 4.57. The second-order valence-corrected chi connectivity index (χ2v) is 5.78. The van der Waals surface area contributed by atoms with Crippen LogP contribution in [0.15, 0.2) is 97.3 Å². The topological polar surface area (TPSA) is 17.8 Å². The minimum absolute atomic E-state index is 0.906. The van der Waals surface area contributed by atoms with E-state index in [9.17, 15) is 0 Å². The first kappa shape index (κ1) is 14.5. The highest BCUT2D eigenvalue weighted by molar-refractivity contribution is 5.60. The molecule has 4 rings (SSSR count). The zero-order chi connectivity index (χ0) is 16.2. The van der Waals surface area contributed by atoms with Gasteiger partial charge in [0.05, 0.1) is 5.69 Å². The Balaban J connectivity index is 1.78. The predicted octanol–water partition coefficient (Wildman–Crippen LogP) is 5.13. The average Bonchev–Trinajstić information content (AvgIpc) is 3.13. The van der Waals surface area contributed by atoms with E-state index in [1.807, 2.05) is 30.6 Å². The van der Waals surface area contributed by atoms with Gasteiger partial charge in [0.2, 0.25) is 0 Å². The van der Waals surface area contributed by atoms with Crippen LogP contribution in [0.2, 0.25) is 0 Å².